The fraction of sp³-hybridized carbons (Fsp3) is 0.455. The van der Waals surface area contributed by atoms with E-state index < -0.39 is 6.09 Å². The van der Waals surface area contributed by atoms with Gasteiger partial charge in [0.2, 0.25) is 0 Å². The van der Waals surface area contributed by atoms with Gasteiger partial charge in [-0.2, -0.15) is 5.26 Å². The molecule has 0 spiro atoms. The molecule has 0 saturated carbocycles. The number of hydrogen-bond acceptors (Lipinski definition) is 4. The van der Waals surface area contributed by atoms with Gasteiger partial charge in [0.15, 0.2) is 0 Å². The van der Waals surface area contributed by atoms with Crippen molar-refractivity contribution in [1.82, 2.24) is 9.88 Å². The first-order valence-corrected chi connectivity index (χ1v) is 5.24. The molecule has 6 heteroatoms. The van der Waals surface area contributed by atoms with Gasteiger partial charge < -0.3 is 20.4 Å². The summed E-state index contributed by atoms with van der Waals surface area (Å²) in [5.74, 6) is 0. The van der Waals surface area contributed by atoms with Crippen LogP contribution in [0.25, 0.3) is 0 Å². The van der Waals surface area contributed by atoms with E-state index in [1.807, 2.05) is 24.6 Å². The number of aromatic nitrogens is 1. The zero-order valence-corrected chi connectivity index (χ0v) is 9.99. The number of rotatable bonds is 5. The number of nitriles is 1. The van der Waals surface area contributed by atoms with Gasteiger partial charge >= 0.3 is 6.09 Å². The van der Waals surface area contributed by atoms with Crippen LogP contribution in [0, 0.1) is 18.3 Å². The molecule has 0 atom stereocenters. The number of carbonyl (C=O) groups excluding carboxylic acids is 1. The second-order valence-corrected chi connectivity index (χ2v) is 3.66. The predicted octanol–water partition coefficient (Wildman–Crippen LogP) is 0.390. The number of amides is 1. The summed E-state index contributed by atoms with van der Waals surface area (Å²) in [6, 6.07) is 3.97. The van der Waals surface area contributed by atoms with Crippen molar-refractivity contribution in [3.05, 3.63) is 23.0 Å². The molecule has 0 unspecified atom stereocenters. The van der Waals surface area contributed by atoms with E-state index in [4.69, 9.17) is 11.0 Å². The van der Waals surface area contributed by atoms with Gasteiger partial charge in [-0.15, -0.1) is 0 Å². The topological polar surface area (TPSA) is 93.1 Å². The second-order valence-electron chi connectivity index (χ2n) is 3.66. The Morgan fingerprint density at radius 1 is 1.71 bits per heavy atom. The van der Waals surface area contributed by atoms with Gasteiger partial charge in [0.1, 0.15) is 18.4 Å². The van der Waals surface area contributed by atoms with Crippen molar-refractivity contribution in [2.75, 3.05) is 13.2 Å². The van der Waals surface area contributed by atoms with E-state index in [2.05, 4.69) is 16.1 Å². The summed E-state index contributed by atoms with van der Waals surface area (Å²) in [6.45, 7) is 3.35. The van der Waals surface area contributed by atoms with Crippen LogP contribution >= 0.6 is 0 Å². The van der Waals surface area contributed by atoms with Crippen LogP contribution in [0.1, 0.15) is 17.0 Å². The molecule has 6 nitrogen and oxygen atoms in total. The summed E-state index contributed by atoms with van der Waals surface area (Å²) >= 11 is 0. The summed E-state index contributed by atoms with van der Waals surface area (Å²) < 4.78 is 6.42. The Labute approximate surface area is 100.0 Å². The van der Waals surface area contributed by atoms with Crippen LogP contribution in [0.3, 0.4) is 0 Å². The van der Waals surface area contributed by atoms with Gasteiger partial charge in [-0.05, 0) is 18.6 Å². The molecule has 1 amide bonds. The quantitative estimate of drug-likeness (QED) is 0.723. The minimum absolute atomic E-state index is 0.242. The van der Waals surface area contributed by atoms with Crippen LogP contribution in [0.5, 0.6) is 0 Å². The number of carbonyl (C=O) groups is 1. The zero-order valence-electron chi connectivity index (χ0n) is 9.99. The summed E-state index contributed by atoms with van der Waals surface area (Å²) in [4.78, 5) is 10.3. The maximum absolute atomic E-state index is 10.3. The molecule has 1 rings (SSSR count). The lowest BCUT2D eigenvalue weighted by molar-refractivity contribution is 0.157. The Bertz CT molecular complexity index is 445. The highest BCUT2D eigenvalue weighted by Gasteiger charge is 2.07. The molecule has 3 N–H and O–H groups in total. The second kappa shape index (κ2) is 5.92. The van der Waals surface area contributed by atoms with Gasteiger partial charge in [-0.3, -0.25) is 0 Å². The molecule has 0 aromatic carbocycles. The number of ether oxygens (including phenoxy) is 1. The lowest BCUT2D eigenvalue weighted by Crippen LogP contribution is -2.23. The average Bonchev–Trinajstić information content (AvgIpc) is 2.56. The summed E-state index contributed by atoms with van der Waals surface area (Å²) in [5, 5.41) is 12.0. The first-order chi connectivity index (χ1) is 8.06. The normalized spacial score (nSPS) is 9.94. The van der Waals surface area contributed by atoms with E-state index in [0.29, 0.717) is 18.8 Å². The number of hydrogen-bond donors (Lipinski definition) is 2. The van der Waals surface area contributed by atoms with Crippen LogP contribution in [-0.2, 0) is 18.3 Å². The minimum Gasteiger partial charge on any atom is -0.448 e. The lowest BCUT2D eigenvalue weighted by atomic mass is 10.2. The highest BCUT2D eigenvalue weighted by Crippen LogP contribution is 2.12. The maximum Gasteiger partial charge on any atom is 0.404 e. The third-order valence-corrected chi connectivity index (χ3v) is 2.59. The third kappa shape index (κ3) is 3.50. The number of nitrogens with zero attached hydrogens (tertiary/aromatic N) is 2. The highest BCUT2D eigenvalue weighted by atomic mass is 16.5. The fourth-order valence-corrected chi connectivity index (χ4v) is 1.50. The first-order valence-electron chi connectivity index (χ1n) is 5.24. The molecule has 0 bridgehead atoms. The molecule has 0 radical (unpaired) electrons. The highest BCUT2D eigenvalue weighted by molar-refractivity contribution is 5.64. The molecule has 17 heavy (non-hydrogen) atoms. The standard InChI is InChI=1S/C11H16N4O2/c1-8-9(5-10(6-12)15(8)2)7-14-3-4-17-11(13)16/h5,14H,3-4,7H2,1-2H3,(H2,13,16). The summed E-state index contributed by atoms with van der Waals surface area (Å²) in [7, 11) is 1.85. The van der Waals surface area contributed by atoms with E-state index in [9.17, 15) is 4.79 Å². The molecule has 1 heterocycles. The Balaban J connectivity index is 2.42. The van der Waals surface area contributed by atoms with E-state index in [0.717, 1.165) is 11.3 Å². The Morgan fingerprint density at radius 3 is 2.94 bits per heavy atom. The van der Waals surface area contributed by atoms with Crippen LogP contribution in [0.15, 0.2) is 6.07 Å². The number of nitrogens with two attached hydrogens (primary N) is 1. The van der Waals surface area contributed by atoms with Crippen molar-refractivity contribution >= 4 is 6.09 Å². The van der Waals surface area contributed by atoms with Crippen LogP contribution in [0.4, 0.5) is 4.79 Å². The van der Waals surface area contributed by atoms with Gasteiger partial charge in [-0.1, -0.05) is 0 Å². The van der Waals surface area contributed by atoms with Gasteiger partial charge in [0, 0.05) is 25.8 Å². The largest absolute Gasteiger partial charge is 0.448 e. The van der Waals surface area contributed by atoms with Crippen molar-refractivity contribution < 1.29 is 9.53 Å². The van der Waals surface area contributed by atoms with Crippen molar-refractivity contribution in [1.29, 1.82) is 5.26 Å². The van der Waals surface area contributed by atoms with Crippen molar-refractivity contribution in [3.8, 4) is 6.07 Å². The summed E-state index contributed by atoms with van der Waals surface area (Å²) in [5.41, 5.74) is 7.56. The summed E-state index contributed by atoms with van der Waals surface area (Å²) in [6.07, 6.45) is -0.769. The van der Waals surface area contributed by atoms with Gasteiger partial charge in [0.05, 0.1) is 0 Å². The Kier molecular flexibility index (Phi) is 4.55. The molecule has 0 saturated heterocycles. The molecule has 0 aliphatic carbocycles. The SMILES string of the molecule is Cc1c(CNCCOC(N)=O)cc(C#N)n1C. The smallest absolute Gasteiger partial charge is 0.404 e. The van der Waals surface area contributed by atoms with Crippen LogP contribution in [0.2, 0.25) is 0 Å². The molecule has 0 aliphatic rings. The van der Waals surface area contributed by atoms with E-state index in [1.165, 1.54) is 0 Å². The molecule has 0 aliphatic heterocycles. The first kappa shape index (κ1) is 13.1. The molecule has 1 aromatic heterocycles. The number of primary amides is 1. The van der Waals surface area contributed by atoms with Gasteiger partial charge in [-0.25, -0.2) is 4.79 Å². The Morgan fingerprint density at radius 2 is 2.41 bits per heavy atom. The Hall–Kier alpha value is -2.00. The van der Waals surface area contributed by atoms with Crippen LogP contribution < -0.4 is 11.1 Å². The monoisotopic (exact) mass is 236 g/mol. The van der Waals surface area contributed by atoms with Gasteiger partial charge in [0.25, 0.3) is 0 Å². The molecular formula is C11H16N4O2. The van der Waals surface area contributed by atoms with Crippen molar-refractivity contribution in [3.63, 3.8) is 0 Å². The molecule has 1 aromatic rings. The average molecular weight is 236 g/mol. The number of nitrogens with one attached hydrogen (secondary N) is 1. The minimum atomic E-state index is -0.769. The van der Waals surface area contributed by atoms with E-state index in [1.54, 1.807) is 0 Å². The molecule has 0 fully saturated rings. The van der Waals surface area contributed by atoms with E-state index in [-0.39, 0.29) is 6.61 Å². The predicted molar refractivity (Wildman–Crippen MR) is 62.1 cm³/mol. The lowest BCUT2D eigenvalue weighted by Gasteiger charge is -2.05. The maximum atomic E-state index is 10.3. The van der Waals surface area contributed by atoms with E-state index >= 15 is 0 Å². The van der Waals surface area contributed by atoms with Crippen molar-refractivity contribution in [2.45, 2.75) is 13.5 Å². The third-order valence-electron chi connectivity index (χ3n) is 2.59. The fourth-order valence-electron chi connectivity index (χ4n) is 1.50. The molecule has 92 valence electrons. The van der Waals surface area contributed by atoms with Crippen LogP contribution in [-0.4, -0.2) is 23.8 Å². The van der Waals surface area contributed by atoms with Crippen molar-refractivity contribution in [2.24, 2.45) is 12.8 Å². The molecular weight excluding hydrogens is 220 g/mol. The zero-order chi connectivity index (χ0) is 12.8.